The molecule has 1 aliphatic rings. The van der Waals surface area contributed by atoms with E-state index in [1.807, 2.05) is 24.3 Å². The third-order valence-corrected chi connectivity index (χ3v) is 4.22. The van der Waals surface area contributed by atoms with E-state index in [0.717, 1.165) is 11.3 Å². The minimum Gasteiger partial charge on any atom is -0.489 e. The Kier molecular flexibility index (Phi) is 6.50. The van der Waals surface area contributed by atoms with Crippen molar-refractivity contribution in [2.75, 3.05) is 6.61 Å². The van der Waals surface area contributed by atoms with Crippen molar-refractivity contribution >= 4 is 5.97 Å². The van der Waals surface area contributed by atoms with Crippen LogP contribution in [0.25, 0.3) is 0 Å². The molecule has 0 radical (unpaired) electrons. The van der Waals surface area contributed by atoms with Crippen LogP contribution >= 0.6 is 0 Å². The van der Waals surface area contributed by atoms with Crippen molar-refractivity contribution in [1.82, 2.24) is 0 Å². The van der Waals surface area contributed by atoms with Crippen molar-refractivity contribution in [3.05, 3.63) is 41.0 Å². The van der Waals surface area contributed by atoms with Crippen molar-refractivity contribution in [1.29, 1.82) is 0 Å². The number of ether oxygens (including phenoxy) is 1. The van der Waals surface area contributed by atoms with Crippen LogP contribution < -0.4 is 4.74 Å². The third kappa shape index (κ3) is 5.21. The molecule has 3 heteroatoms. The smallest absolute Gasteiger partial charge is 0.303 e. The Morgan fingerprint density at radius 2 is 1.77 bits per heavy atom. The van der Waals surface area contributed by atoms with Gasteiger partial charge in [0, 0.05) is 6.42 Å². The number of hydrogen-bond acceptors (Lipinski definition) is 2. The van der Waals surface area contributed by atoms with Gasteiger partial charge in [-0.3, -0.25) is 4.79 Å². The molecule has 120 valence electrons. The van der Waals surface area contributed by atoms with Gasteiger partial charge >= 0.3 is 5.97 Å². The maximum absolute atomic E-state index is 10.6. The van der Waals surface area contributed by atoms with Crippen LogP contribution in [-0.2, 0) is 11.2 Å². The molecule has 1 N–H and O–H groups in total. The standard InChI is InChI=1S/C19H26O3/c1-2-5-16-6-3-4-7-17(16)14-22-18-11-8-15(9-12-18)10-13-19(20)21/h8-9,11-12H,2-7,10,13-14H2,1H3,(H,20,21). The summed E-state index contributed by atoms with van der Waals surface area (Å²) in [4.78, 5) is 10.6. The van der Waals surface area contributed by atoms with Gasteiger partial charge in [-0.1, -0.05) is 31.1 Å². The van der Waals surface area contributed by atoms with E-state index in [9.17, 15) is 4.79 Å². The molecule has 0 saturated carbocycles. The summed E-state index contributed by atoms with van der Waals surface area (Å²) in [5.74, 6) is 0.112. The second-order valence-corrected chi connectivity index (χ2v) is 5.99. The van der Waals surface area contributed by atoms with Gasteiger partial charge in [-0.05, 0) is 61.8 Å². The second kappa shape index (κ2) is 8.62. The molecule has 0 atom stereocenters. The Morgan fingerprint density at radius 3 is 2.41 bits per heavy atom. The molecule has 3 nitrogen and oxygen atoms in total. The number of allylic oxidation sites excluding steroid dienone is 1. The van der Waals surface area contributed by atoms with Crippen LogP contribution in [0.2, 0.25) is 0 Å². The summed E-state index contributed by atoms with van der Waals surface area (Å²) in [6, 6.07) is 7.81. The van der Waals surface area contributed by atoms with Gasteiger partial charge in [0.15, 0.2) is 0 Å². The van der Waals surface area contributed by atoms with Crippen LogP contribution in [-0.4, -0.2) is 17.7 Å². The maximum atomic E-state index is 10.6. The first-order chi connectivity index (χ1) is 10.7. The average molecular weight is 302 g/mol. The van der Waals surface area contributed by atoms with E-state index in [2.05, 4.69) is 6.92 Å². The lowest BCUT2D eigenvalue weighted by atomic mass is 9.89. The number of aliphatic carboxylic acids is 1. The molecule has 1 aliphatic carbocycles. The number of carbonyl (C=O) groups is 1. The summed E-state index contributed by atoms with van der Waals surface area (Å²) >= 11 is 0. The molecule has 0 aromatic heterocycles. The zero-order chi connectivity index (χ0) is 15.8. The van der Waals surface area contributed by atoms with Crippen LogP contribution in [0.5, 0.6) is 5.75 Å². The minimum atomic E-state index is -0.756. The predicted octanol–water partition coefficient (Wildman–Crippen LogP) is 4.75. The highest BCUT2D eigenvalue weighted by molar-refractivity contribution is 5.67. The fourth-order valence-electron chi connectivity index (χ4n) is 2.98. The van der Waals surface area contributed by atoms with Crippen LogP contribution in [0.15, 0.2) is 35.4 Å². The van der Waals surface area contributed by atoms with Crippen LogP contribution in [0.3, 0.4) is 0 Å². The fraction of sp³-hybridized carbons (Fsp3) is 0.526. The normalized spacial score (nSPS) is 15.0. The van der Waals surface area contributed by atoms with Crippen LogP contribution in [0.4, 0.5) is 0 Å². The van der Waals surface area contributed by atoms with E-state index in [-0.39, 0.29) is 6.42 Å². The minimum absolute atomic E-state index is 0.174. The van der Waals surface area contributed by atoms with Crippen LogP contribution in [0, 0.1) is 0 Å². The average Bonchev–Trinajstić information content (AvgIpc) is 2.53. The molecule has 0 heterocycles. The Bertz CT molecular complexity index is 514. The number of carboxylic acids is 1. The lowest BCUT2D eigenvalue weighted by Crippen LogP contribution is -2.08. The molecular weight excluding hydrogens is 276 g/mol. The summed E-state index contributed by atoms with van der Waals surface area (Å²) in [7, 11) is 0. The van der Waals surface area contributed by atoms with Crippen molar-refractivity contribution in [2.24, 2.45) is 0 Å². The van der Waals surface area contributed by atoms with Gasteiger partial charge in [-0.2, -0.15) is 0 Å². The molecule has 0 aliphatic heterocycles. The van der Waals surface area contributed by atoms with E-state index >= 15 is 0 Å². The van der Waals surface area contributed by atoms with Crippen LogP contribution in [0.1, 0.15) is 57.4 Å². The van der Waals surface area contributed by atoms with Gasteiger partial charge in [0.2, 0.25) is 0 Å². The first-order valence-electron chi connectivity index (χ1n) is 8.32. The van der Waals surface area contributed by atoms with Gasteiger partial charge in [0.05, 0.1) is 0 Å². The number of aryl methyl sites for hydroxylation is 1. The SMILES string of the molecule is CCCC1=C(COc2ccc(CCC(=O)O)cc2)CCCC1. The highest BCUT2D eigenvalue weighted by atomic mass is 16.5. The maximum Gasteiger partial charge on any atom is 0.303 e. The Morgan fingerprint density at radius 1 is 1.09 bits per heavy atom. The summed E-state index contributed by atoms with van der Waals surface area (Å²) < 4.78 is 5.93. The summed E-state index contributed by atoms with van der Waals surface area (Å²) in [6.45, 7) is 2.93. The molecule has 1 aromatic carbocycles. The second-order valence-electron chi connectivity index (χ2n) is 5.99. The molecule has 0 amide bonds. The largest absolute Gasteiger partial charge is 0.489 e. The van der Waals surface area contributed by atoms with Gasteiger partial charge in [-0.15, -0.1) is 0 Å². The van der Waals surface area contributed by atoms with Gasteiger partial charge < -0.3 is 9.84 Å². The first kappa shape index (κ1) is 16.6. The Labute approximate surface area is 133 Å². The molecule has 0 unspecified atom stereocenters. The summed E-state index contributed by atoms with van der Waals surface area (Å²) in [5, 5.41) is 8.70. The molecule has 1 aromatic rings. The monoisotopic (exact) mass is 302 g/mol. The zero-order valence-electron chi connectivity index (χ0n) is 13.4. The van der Waals surface area contributed by atoms with Crippen molar-refractivity contribution < 1.29 is 14.6 Å². The van der Waals surface area contributed by atoms with Gasteiger partial charge in [-0.25, -0.2) is 0 Å². The predicted molar refractivity (Wildman–Crippen MR) is 88.3 cm³/mol. The lowest BCUT2D eigenvalue weighted by Gasteiger charge is -2.20. The van der Waals surface area contributed by atoms with E-state index in [4.69, 9.17) is 9.84 Å². The van der Waals surface area contributed by atoms with Gasteiger partial charge in [0.1, 0.15) is 12.4 Å². The number of rotatable bonds is 8. The number of benzene rings is 1. The molecule has 0 saturated heterocycles. The highest BCUT2D eigenvalue weighted by Crippen LogP contribution is 2.28. The first-order valence-corrected chi connectivity index (χ1v) is 8.32. The lowest BCUT2D eigenvalue weighted by molar-refractivity contribution is -0.136. The number of hydrogen-bond donors (Lipinski definition) is 1. The Hall–Kier alpha value is -1.77. The molecule has 0 bridgehead atoms. The molecule has 0 fully saturated rings. The summed E-state index contributed by atoms with van der Waals surface area (Å²) in [5.41, 5.74) is 4.13. The van der Waals surface area contributed by atoms with E-state index in [1.165, 1.54) is 44.1 Å². The Balaban J connectivity index is 1.89. The molecule has 0 spiro atoms. The van der Waals surface area contributed by atoms with Crippen molar-refractivity contribution in [3.8, 4) is 5.75 Å². The molecular formula is C19H26O3. The van der Waals surface area contributed by atoms with E-state index in [0.29, 0.717) is 13.0 Å². The van der Waals surface area contributed by atoms with Crippen molar-refractivity contribution in [2.45, 2.75) is 58.3 Å². The highest BCUT2D eigenvalue weighted by Gasteiger charge is 2.12. The van der Waals surface area contributed by atoms with E-state index in [1.54, 1.807) is 5.57 Å². The topological polar surface area (TPSA) is 46.5 Å². The number of carboxylic acid groups (broad SMARTS) is 1. The summed E-state index contributed by atoms with van der Waals surface area (Å²) in [6.07, 6.45) is 8.16. The zero-order valence-corrected chi connectivity index (χ0v) is 13.4. The van der Waals surface area contributed by atoms with E-state index < -0.39 is 5.97 Å². The third-order valence-electron chi connectivity index (χ3n) is 4.22. The molecule has 22 heavy (non-hydrogen) atoms. The quantitative estimate of drug-likeness (QED) is 0.705. The van der Waals surface area contributed by atoms with Gasteiger partial charge in [0.25, 0.3) is 0 Å². The molecule has 2 rings (SSSR count). The van der Waals surface area contributed by atoms with Crippen molar-refractivity contribution in [3.63, 3.8) is 0 Å². The fourth-order valence-corrected chi connectivity index (χ4v) is 2.98.